The maximum absolute atomic E-state index is 12.3. The van der Waals surface area contributed by atoms with Crippen molar-refractivity contribution < 1.29 is 13.2 Å². The predicted molar refractivity (Wildman–Crippen MR) is 48.0 cm³/mol. The second kappa shape index (κ2) is 3.72. The quantitative estimate of drug-likeness (QED) is 0.673. The van der Waals surface area contributed by atoms with Crippen molar-refractivity contribution in [1.29, 1.82) is 0 Å². The summed E-state index contributed by atoms with van der Waals surface area (Å²) in [5.74, 6) is 0.567. The first-order valence-corrected chi connectivity index (χ1v) is 5.37. The minimum atomic E-state index is -4.02. The van der Waals surface area contributed by atoms with Gasteiger partial charge in [-0.05, 0) is 38.1 Å². The molecular weight excluding hydrogens is 191 g/mol. The van der Waals surface area contributed by atoms with Gasteiger partial charge in [0.05, 0.1) is 6.54 Å². The lowest BCUT2D eigenvalue weighted by Gasteiger charge is -2.36. The lowest BCUT2D eigenvalue weighted by molar-refractivity contribution is -0.154. The highest BCUT2D eigenvalue weighted by Gasteiger charge is 2.40. The largest absolute Gasteiger partial charge is 0.401 e. The summed E-state index contributed by atoms with van der Waals surface area (Å²) in [5, 5.41) is 0. The molecule has 0 bridgehead atoms. The van der Waals surface area contributed by atoms with Gasteiger partial charge in [-0.2, -0.15) is 13.2 Å². The smallest absolute Gasteiger partial charge is 0.292 e. The maximum atomic E-state index is 12.3. The number of hydrogen-bond donors (Lipinski definition) is 0. The molecule has 0 spiro atoms. The van der Waals surface area contributed by atoms with Crippen molar-refractivity contribution in [3.05, 3.63) is 0 Å². The van der Waals surface area contributed by atoms with Crippen molar-refractivity contribution >= 4 is 0 Å². The molecule has 0 N–H and O–H groups in total. The van der Waals surface area contributed by atoms with Crippen molar-refractivity contribution in [2.24, 2.45) is 5.92 Å². The van der Waals surface area contributed by atoms with Gasteiger partial charge in [0.15, 0.2) is 0 Å². The zero-order valence-electron chi connectivity index (χ0n) is 8.19. The molecule has 1 aliphatic heterocycles. The lowest BCUT2D eigenvalue weighted by atomic mass is 9.98. The minimum Gasteiger partial charge on any atom is -0.292 e. The van der Waals surface area contributed by atoms with Gasteiger partial charge in [0, 0.05) is 6.04 Å². The number of rotatable bonds is 2. The standard InChI is InChI=1S/C10H16F3N/c11-10(12,13)7-14-6-2-1-3-9(14)8-4-5-8/h8-9H,1-7H2. The zero-order chi connectivity index (χ0) is 10.2. The molecule has 0 aromatic heterocycles. The number of halogens is 3. The van der Waals surface area contributed by atoms with Crippen LogP contribution >= 0.6 is 0 Å². The second-order valence-electron chi connectivity index (χ2n) is 4.49. The van der Waals surface area contributed by atoms with Crippen LogP contribution in [0.1, 0.15) is 32.1 Å². The number of nitrogens with zero attached hydrogens (tertiary/aromatic N) is 1. The Labute approximate surface area is 82.3 Å². The Bertz CT molecular complexity index is 198. The summed E-state index contributed by atoms with van der Waals surface area (Å²) in [6, 6.07) is 0.227. The van der Waals surface area contributed by atoms with E-state index in [1.807, 2.05) is 0 Å². The Hall–Kier alpha value is -0.250. The van der Waals surface area contributed by atoms with Crippen LogP contribution in [0.2, 0.25) is 0 Å². The highest BCUT2D eigenvalue weighted by molar-refractivity contribution is 4.90. The molecule has 1 atom stereocenters. The summed E-state index contributed by atoms with van der Waals surface area (Å²) < 4.78 is 36.8. The first-order chi connectivity index (χ1) is 6.56. The molecule has 1 saturated carbocycles. The van der Waals surface area contributed by atoms with Crippen molar-refractivity contribution in [2.75, 3.05) is 13.1 Å². The predicted octanol–water partition coefficient (Wildman–Crippen LogP) is 2.81. The normalized spacial score (nSPS) is 30.6. The van der Waals surface area contributed by atoms with E-state index < -0.39 is 12.7 Å². The SMILES string of the molecule is FC(F)(F)CN1CCCCC1C1CC1. The van der Waals surface area contributed by atoms with Crippen LogP contribution in [0.5, 0.6) is 0 Å². The molecule has 0 amide bonds. The van der Waals surface area contributed by atoms with Gasteiger partial charge in [0.2, 0.25) is 0 Å². The third kappa shape index (κ3) is 2.62. The van der Waals surface area contributed by atoms with E-state index in [1.54, 1.807) is 4.90 Å². The van der Waals surface area contributed by atoms with Crippen LogP contribution in [0.25, 0.3) is 0 Å². The fourth-order valence-corrected chi connectivity index (χ4v) is 2.46. The Morgan fingerprint density at radius 3 is 2.36 bits per heavy atom. The van der Waals surface area contributed by atoms with Gasteiger partial charge in [0.25, 0.3) is 0 Å². The summed E-state index contributed by atoms with van der Waals surface area (Å²) in [7, 11) is 0. The third-order valence-corrected chi connectivity index (χ3v) is 3.21. The van der Waals surface area contributed by atoms with Gasteiger partial charge >= 0.3 is 6.18 Å². The fraction of sp³-hybridized carbons (Fsp3) is 1.00. The average Bonchev–Trinajstić information content (AvgIpc) is 2.85. The molecule has 2 aliphatic rings. The second-order valence-corrected chi connectivity index (χ2v) is 4.49. The Morgan fingerprint density at radius 1 is 1.07 bits per heavy atom. The number of alkyl halides is 3. The van der Waals surface area contributed by atoms with Crippen LogP contribution in [0.3, 0.4) is 0 Å². The van der Waals surface area contributed by atoms with Crippen molar-refractivity contribution in [3.8, 4) is 0 Å². The van der Waals surface area contributed by atoms with Gasteiger partial charge in [-0.1, -0.05) is 6.42 Å². The van der Waals surface area contributed by atoms with E-state index in [9.17, 15) is 13.2 Å². The molecule has 14 heavy (non-hydrogen) atoms. The van der Waals surface area contributed by atoms with Crippen molar-refractivity contribution in [1.82, 2.24) is 4.90 Å². The molecule has 2 fully saturated rings. The maximum Gasteiger partial charge on any atom is 0.401 e. The summed E-state index contributed by atoms with van der Waals surface area (Å²) in [4.78, 5) is 1.65. The zero-order valence-corrected chi connectivity index (χ0v) is 8.19. The summed E-state index contributed by atoms with van der Waals surface area (Å²) in [6.07, 6.45) is 1.26. The van der Waals surface area contributed by atoms with Gasteiger partial charge in [-0.15, -0.1) is 0 Å². The Morgan fingerprint density at radius 2 is 1.79 bits per heavy atom. The summed E-state index contributed by atoms with van der Waals surface area (Å²) >= 11 is 0. The number of piperidine rings is 1. The van der Waals surface area contributed by atoms with Crippen LogP contribution < -0.4 is 0 Å². The van der Waals surface area contributed by atoms with E-state index in [2.05, 4.69) is 0 Å². The van der Waals surface area contributed by atoms with Crippen LogP contribution in [0.4, 0.5) is 13.2 Å². The molecule has 1 nitrogen and oxygen atoms in total. The summed E-state index contributed by atoms with van der Waals surface area (Å²) in [6.45, 7) is -0.0607. The first kappa shape index (κ1) is 10.3. The first-order valence-electron chi connectivity index (χ1n) is 5.37. The minimum absolute atomic E-state index is 0.227. The Kier molecular flexibility index (Phi) is 2.73. The van der Waals surface area contributed by atoms with Gasteiger partial charge in [-0.3, -0.25) is 4.90 Å². The molecule has 1 aliphatic carbocycles. The fourth-order valence-electron chi connectivity index (χ4n) is 2.46. The molecule has 1 heterocycles. The molecule has 1 unspecified atom stereocenters. The van der Waals surface area contributed by atoms with E-state index in [1.165, 1.54) is 0 Å². The number of likely N-dealkylation sites (tertiary alicyclic amines) is 1. The van der Waals surface area contributed by atoms with E-state index >= 15 is 0 Å². The average molecular weight is 207 g/mol. The molecule has 0 radical (unpaired) electrons. The molecule has 0 aromatic rings. The van der Waals surface area contributed by atoms with Gasteiger partial charge < -0.3 is 0 Å². The van der Waals surface area contributed by atoms with Crippen LogP contribution in [0, 0.1) is 5.92 Å². The van der Waals surface area contributed by atoms with Gasteiger partial charge in [-0.25, -0.2) is 0 Å². The molecular formula is C10H16F3N. The van der Waals surface area contributed by atoms with Gasteiger partial charge in [0.1, 0.15) is 0 Å². The van der Waals surface area contributed by atoms with E-state index in [-0.39, 0.29) is 6.04 Å². The van der Waals surface area contributed by atoms with E-state index in [4.69, 9.17) is 0 Å². The Balaban J connectivity index is 1.92. The molecule has 2 rings (SSSR count). The molecule has 0 aromatic carbocycles. The number of hydrogen-bond acceptors (Lipinski definition) is 1. The van der Waals surface area contributed by atoms with Crippen LogP contribution in [0.15, 0.2) is 0 Å². The lowest BCUT2D eigenvalue weighted by Crippen LogP contribution is -2.45. The van der Waals surface area contributed by atoms with Crippen LogP contribution in [-0.4, -0.2) is 30.2 Å². The van der Waals surface area contributed by atoms with E-state index in [0.717, 1.165) is 32.1 Å². The third-order valence-electron chi connectivity index (χ3n) is 3.21. The monoisotopic (exact) mass is 207 g/mol. The molecule has 4 heteroatoms. The highest BCUT2D eigenvalue weighted by atomic mass is 19.4. The molecule has 1 saturated heterocycles. The highest BCUT2D eigenvalue weighted by Crippen LogP contribution is 2.40. The van der Waals surface area contributed by atoms with E-state index in [0.29, 0.717) is 12.5 Å². The topological polar surface area (TPSA) is 3.24 Å². The van der Waals surface area contributed by atoms with Crippen molar-refractivity contribution in [2.45, 2.75) is 44.3 Å². The van der Waals surface area contributed by atoms with Crippen LogP contribution in [-0.2, 0) is 0 Å². The van der Waals surface area contributed by atoms with Crippen molar-refractivity contribution in [3.63, 3.8) is 0 Å². The molecule has 82 valence electrons. The summed E-state index contributed by atoms with van der Waals surface area (Å²) in [5.41, 5.74) is 0.